The number of halogens is 2. The Balaban J connectivity index is 2.38. The summed E-state index contributed by atoms with van der Waals surface area (Å²) in [7, 11) is 0. The summed E-state index contributed by atoms with van der Waals surface area (Å²) in [5.74, 6) is 0. The Hall–Kier alpha value is -0.670. The SMILES string of the molecule is Cc1cncnc1C1=CCC(Br)C(Cl)=C1. The van der Waals surface area contributed by atoms with Gasteiger partial charge in [-0.05, 0) is 30.6 Å². The molecule has 2 nitrogen and oxygen atoms in total. The maximum absolute atomic E-state index is 6.09. The van der Waals surface area contributed by atoms with Crippen LogP contribution in [-0.2, 0) is 0 Å². The van der Waals surface area contributed by atoms with Crippen molar-refractivity contribution in [3.05, 3.63) is 41.0 Å². The first-order valence-corrected chi connectivity index (χ1v) is 5.96. The molecule has 1 aromatic heterocycles. The molecule has 0 saturated heterocycles. The van der Waals surface area contributed by atoms with E-state index in [1.54, 1.807) is 6.33 Å². The van der Waals surface area contributed by atoms with Gasteiger partial charge in [0.15, 0.2) is 0 Å². The van der Waals surface area contributed by atoms with Gasteiger partial charge in [-0.15, -0.1) is 0 Å². The molecule has 1 aromatic rings. The number of alkyl halides is 1. The molecular weight excluding hydrogens is 275 g/mol. The predicted octanol–water partition coefficient (Wildman–Crippen LogP) is 3.46. The van der Waals surface area contributed by atoms with Crippen molar-refractivity contribution in [2.45, 2.75) is 18.2 Å². The Morgan fingerprint density at radius 2 is 2.33 bits per heavy atom. The summed E-state index contributed by atoms with van der Waals surface area (Å²) >= 11 is 9.59. The van der Waals surface area contributed by atoms with Crippen molar-refractivity contribution in [3.8, 4) is 0 Å². The molecule has 0 aliphatic heterocycles. The molecule has 0 bridgehead atoms. The lowest BCUT2D eigenvalue weighted by Crippen LogP contribution is -2.03. The van der Waals surface area contributed by atoms with E-state index in [1.807, 2.05) is 19.2 Å². The second-order valence-electron chi connectivity index (χ2n) is 3.45. The van der Waals surface area contributed by atoms with Crippen LogP contribution in [0.25, 0.3) is 5.57 Å². The van der Waals surface area contributed by atoms with Crippen LogP contribution in [0.1, 0.15) is 17.7 Å². The zero-order valence-corrected chi connectivity index (χ0v) is 10.6. The summed E-state index contributed by atoms with van der Waals surface area (Å²) in [5, 5.41) is 0.825. The van der Waals surface area contributed by atoms with E-state index in [0.29, 0.717) is 0 Å². The third-order valence-electron chi connectivity index (χ3n) is 2.31. The molecule has 1 aliphatic rings. The lowest BCUT2D eigenvalue weighted by molar-refractivity contribution is 1.04. The van der Waals surface area contributed by atoms with E-state index in [4.69, 9.17) is 11.6 Å². The molecule has 0 saturated carbocycles. The molecule has 1 atom stereocenters. The average molecular weight is 286 g/mol. The van der Waals surface area contributed by atoms with Crippen molar-refractivity contribution in [1.29, 1.82) is 0 Å². The summed E-state index contributed by atoms with van der Waals surface area (Å²) in [5.41, 5.74) is 3.11. The minimum atomic E-state index is 0.241. The van der Waals surface area contributed by atoms with Crippen LogP contribution in [-0.4, -0.2) is 14.8 Å². The Morgan fingerprint density at radius 1 is 1.53 bits per heavy atom. The van der Waals surface area contributed by atoms with Gasteiger partial charge in [-0.25, -0.2) is 9.97 Å². The second-order valence-corrected chi connectivity index (χ2v) is 4.99. The maximum Gasteiger partial charge on any atom is 0.116 e. The number of allylic oxidation sites excluding steroid dienone is 4. The zero-order chi connectivity index (χ0) is 10.8. The fraction of sp³-hybridized carbons (Fsp3) is 0.273. The van der Waals surface area contributed by atoms with Gasteiger partial charge in [0, 0.05) is 11.2 Å². The van der Waals surface area contributed by atoms with Gasteiger partial charge in [0.05, 0.1) is 10.5 Å². The average Bonchev–Trinajstić information content (AvgIpc) is 2.23. The summed E-state index contributed by atoms with van der Waals surface area (Å²) < 4.78 is 0. The largest absolute Gasteiger partial charge is 0.245 e. The highest BCUT2D eigenvalue weighted by molar-refractivity contribution is 9.09. The highest BCUT2D eigenvalue weighted by Gasteiger charge is 2.15. The van der Waals surface area contributed by atoms with Crippen LogP contribution < -0.4 is 0 Å². The molecule has 0 spiro atoms. The monoisotopic (exact) mass is 284 g/mol. The van der Waals surface area contributed by atoms with Gasteiger partial charge >= 0.3 is 0 Å². The number of hydrogen-bond donors (Lipinski definition) is 0. The zero-order valence-electron chi connectivity index (χ0n) is 8.24. The minimum absolute atomic E-state index is 0.241. The Labute approximate surface area is 102 Å². The highest BCUT2D eigenvalue weighted by Crippen LogP contribution is 2.31. The lowest BCUT2D eigenvalue weighted by atomic mass is 10.0. The predicted molar refractivity (Wildman–Crippen MR) is 66.0 cm³/mol. The molecule has 0 N–H and O–H groups in total. The molecule has 0 fully saturated rings. The minimum Gasteiger partial charge on any atom is -0.245 e. The number of nitrogens with zero attached hydrogens (tertiary/aromatic N) is 2. The van der Waals surface area contributed by atoms with Crippen LogP contribution in [0, 0.1) is 6.92 Å². The smallest absolute Gasteiger partial charge is 0.116 e. The molecule has 1 heterocycles. The molecule has 4 heteroatoms. The van der Waals surface area contributed by atoms with Crippen LogP contribution in [0.3, 0.4) is 0 Å². The Morgan fingerprint density at radius 3 is 3.00 bits per heavy atom. The molecule has 2 rings (SSSR count). The fourth-order valence-corrected chi connectivity index (χ4v) is 2.03. The normalized spacial score (nSPS) is 20.9. The molecule has 0 radical (unpaired) electrons. The third kappa shape index (κ3) is 2.29. The lowest BCUT2D eigenvalue weighted by Gasteiger charge is -2.14. The Kier molecular flexibility index (Phi) is 3.22. The van der Waals surface area contributed by atoms with Crippen LogP contribution in [0.5, 0.6) is 0 Å². The van der Waals surface area contributed by atoms with Gasteiger partial charge in [0.25, 0.3) is 0 Å². The summed E-state index contributed by atoms with van der Waals surface area (Å²) in [6.07, 6.45) is 8.37. The van der Waals surface area contributed by atoms with Crippen molar-refractivity contribution < 1.29 is 0 Å². The van der Waals surface area contributed by atoms with E-state index in [-0.39, 0.29) is 4.83 Å². The Bertz CT molecular complexity index is 440. The van der Waals surface area contributed by atoms with Gasteiger partial charge in [-0.3, -0.25) is 0 Å². The van der Waals surface area contributed by atoms with E-state index in [0.717, 1.165) is 28.3 Å². The van der Waals surface area contributed by atoms with Crippen molar-refractivity contribution in [3.63, 3.8) is 0 Å². The van der Waals surface area contributed by atoms with E-state index < -0.39 is 0 Å². The second kappa shape index (κ2) is 4.45. The third-order valence-corrected chi connectivity index (χ3v) is 3.81. The van der Waals surface area contributed by atoms with E-state index in [1.165, 1.54) is 0 Å². The summed E-state index contributed by atoms with van der Waals surface area (Å²) in [6.45, 7) is 2.00. The fourth-order valence-electron chi connectivity index (χ4n) is 1.51. The molecule has 0 aromatic carbocycles. The number of aryl methyl sites for hydroxylation is 1. The van der Waals surface area contributed by atoms with Gasteiger partial charge in [0.1, 0.15) is 6.33 Å². The first-order chi connectivity index (χ1) is 7.18. The quantitative estimate of drug-likeness (QED) is 0.739. The number of rotatable bonds is 1. The summed E-state index contributed by atoms with van der Waals surface area (Å²) in [4.78, 5) is 8.48. The maximum atomic E-state index is 6.09. The first-order valence-electron chi connectivity index (χ1n) is 4.67. The highest BCUT2D eigenvalue weighted by atomic mass is 79.9. The van der Waals surface area contributed by atoms with Gasteiger partial charge < -0.3 is 0 Å². The number of hydrogen-bond acceptors (Lipinski definition) is 2. The van der Waals surface area contributed by atoms with Crippen LogP contribution in [0.15, 0.2) is 29.7 Å². The van der Waals surface area contributed by atoms with Gasteiger partial charge in [0.2, 0.25) is 0 Å². The van der Waals surface area contributed by atoms with Crippen LogP contribution >= 0.6 is 27.5 Å². The van der Waals surface area contributed by atoms with Gasteiger partial charge in [-0.1, -0.05) is 33.6 Å². The van der Waals surface area contributed by atoms with Crippen molar-refractivity contribution in [1.82, 2.24) is 9.97 Å². The van der Waals surface area contributed by atoms with Crippen molar-refractivity contribution >= 4 is 33.1 Å². The number of aromatic nitrogens is 2. The molecule has 1 aliphatic carbocycles. The van der Waals surface area contributed by atoms with Crippen molar-refractivity contribution in [2.75, 3.05) is 0 Å². The molecule has 1 unspecified atom stereocenters. The summed E-state index contributed by atoms with van der Waals surface area (Å²) in [6, 6.07) is 0. The van der Waals surface area contributed by atoms with Crippen LogP contribution in [0.4, 0.5) is 0 Å². The molecule has 15 heavy (non-hydrogen) atoms. The van der Waals surface area contributed by atoms with Crippen molar-refractivity contribution in [2.24, 2.45) is 0 Å². The van der Waals surface area contributed by atoms with Gasteiger partial charge in [-0.2, -0.15) is 0 Å². The topological polar surface area (TPSA) is 25.8 Å². The van der Waals surface area contributed by atoms with E-state index >= 15 is 0 Å². The standard InChI is InChI=1S/C11H10BrClN2/c1-7-5-14-6-15-11(7)8-2-3-9(12)10(13)4-8/h2,4-6,9H,3H2,1H3. The van der Waals surface area contributed by atoms with E-state index in [9.17, 15) is 0 Å². The molecule has 0 amide bonds. The molecular formula is C11H10BrClN2. The van der Waals surface area contributed by atoms with Crippen LogP contribution in [0.2, 0.25) is 0 Å². The van der Waals surface area contributed by atoms with E-state index in [2.05, 4.69) is 32.0 Å². The first kappa shape index (κ1) is 10.8. The molecule has 78 valence electrons.